The van der Waals surface area contributed by atoms with Gasteiger partial charge in [0, 0.05) is 18.1 Å². The van der Waals surface area contributed by atoms with Crippen LogP contribution < -0.4 is 0 Å². The lowest BCUT2D eigenvalue weighted by atomic mass is 10.0. The Morgan fingerprint density at radius 2 is 2.24 bits per heavy atom. The first-order valence-electron chi connectivity index (χ1n) is 4.71. The van der Waals surface area contributed by atoms with Gasteiger partial charge < -0.3 is 5.21 Å². The molecule has 0 aromatic heterocycles. The van der Waals surface area contributed by atoms with Crippen molar-refractivity contribution >= 4 is 28.2 Å². The summed E-state index contributed by atoms with van der Waals surface area (Å²) in [6, 6.07) is 3.96. The van der Waals surface area contributed by atoms with Crippen molar-refractivity contribution in [3.05, 3.63) is 39.4 Å². The van der Waals surface area contributed by atoms with Crippen molar-refractivity contribution in [3.8, 4) is 0 Å². The highest BCUT2D eigenvalue weighted by Gasteiger charge is 2.24. The van der Waals surface area contributed by atoms with Gasteiger partial charge in [0.25, 0.3) is 5.69 Å². The van der Waals surface area contributed by atoms with Gasteiger partial charge in [-0.25, -0.2) is 0 Å². The van der Waals surface area contributed by atoms with Gasteiger partial charge in [-0.15, -0.1) is 0 Å². The number of benzene rings is 1. The molecule has 7 heteroatoms. The number of carbonyl (C=O) groups is 1. The highest BCUT2D eigenvalue weighted by Crippen LogP contribution is 2.25. The number of nitrogens with zero attached hydrogens (tertiary/aromatic N) is 2. The molecular weight excluding hydrogens is 248 g/mol. The second-order valence-corrected chi connectivity index (χ2v) is 3.48. The van der Waals surface area contributed by atoms with Crippen LogP contribution in [-0.2, 0) is 0 Å². The first-order valence-corrected chi connectivity index (χ1v) is 5.09. The molecule has 0 aliphatic heterocycles. The van der Waals surface area contributed by atoms with Crippen LogP contribution >= 0.6 is 11.6 Å². The zero-order valence-electron chi connectivity index (χ0n) is 8.88. The summed E-state index contributed by atoms with van der Waals surface area (Å²) in [5.74, 6) is -0.436. The van der Waals surface area contributed by atoms with E-state index in [9.17, 15) is 14.9 Å². The highest BCUT2D eigenvalue weighted by molar-refractivity contribution is 6.70. The largest absolute Gasteiger partial charge is 0.410 e. The molecule has 6 nitrogen and oxygen atoms in total. The van der Waals surface area contributed by atoms with Crippen LogP contribution in [0.5, 0.6) is 0 Å². The molecule has 0 unspecified atom stereocenters. The first-order chi connectivity index (χ1) is 8.02. The minimum absolute atomic E-state index is 0.0511. The van der Waals surface area contributed by atoms with E-state index in [1.807, 2.05) is 0 Å². The number of hydrogen-bond donors (Lipinski definition) is 1. The van der Waals surface area contributed by atoms with Crippen LogP contribution in [0.15, 0.2) is 23.4 Å². The number of halogens is 1. The molecule has 0 atom stereocenters. The third-order valence-electron chi connectivity index (χ3n) is 2.15. The Hall–Kier alpha value is -1.95. The van der Waals surface area contributed by atoms with Gasteiger partial charge in [-0.05, 0) is 0 Å². The van der Waals surface area contributed by atoms with Crippen LogP contribution in [0.1, 0.15) is 29.3 Å². The van der Waals surface area contributed by atoms with Crippen molar-refractivity contribution in [1.29, 1.82) is 0 Å². The molecule has 0 radical (unpaired) electrons. The maximum atomic E-state index is 11.7. The van der Waals surface area contributed by atoms with Crippen LogP contribution in [0.25, 0.3) is 0 Å². The molecule has 0 saturated carbocycles. The number of carbonyl (C=O) groups excluding carboxylic acids is 1. The Balaban J connectivity index is 3.56. The fourth-order valence-corrected chi connectivity index (χ4v) is 1.55. The smallest absolute Gasteiger partial charge is 0.280 e. The number of oxime groups is 1. The maximum absolute atomic E-state index is 11.7. The number of hydrogen-bond acceptors (Lipinski definition) is 5. The summed E-state index contributed by atoms with van der Waals surface area (Å²) in [6.45, 7) is 1.58. The first kappa shape index (κ1) is 13.1. The summed E-state index contributed by atoms with van der Waals surface area (Å²) in [6.07, 6.45) is 0.0907. The summed E-state index contributed by atoms with van der Waals surface area (Å²) < 4.78 is 0. The Labute approximate surface area is 102 Å². The molecule has 0 aliphatic rings. The topological polar surface area (TPSA) is 92.8 Å². The Morgan fingerprint density at radius 1 is 1.59 bits per heavy atom. The molecule has 0 amide bonds. The van der Waals surface area contributed by atoms with E-state index in [1.165, 1.54) is 18.2 Å². The van der Waals surface area contributed by atoms with E-state index >= 15 is 0 Å². The van der Waals surface area contributed by atoms with E-state index in [1.54, 1.807) is 6.92 Å². The van der Waals surface area contributed by atoms with Crippen molar-refractivity contribution in [2.24, 2.45) is 5.16 Å². The molecule has 17 heavy (non-hydrogen) atoms. The van der Waals surface area contributed by atoms with Gasteiger partial charge in [-0.3, -0.25) is 14.9 Å². The molecule has 1 aromatic carbocycles. The summed E-state index contributed by atoms with van der Waals surface area (Å²) in [5, 5.41) is 21.8. The van der Waals surface area contributed by atoms with Gasteiger partial charge in [0.15, 0.2) is 11.0 Å². The van der Waals surface area contributed by atoms with Gasteiger partial charge in [0.05, 0.1) is 4.92 Å². The van der Waals surface area contributed by atoms with Gasteiger partial charge in [-0.2, -0.15) is 0 Å². The minimum Gasteiger partial charge on any atom is -0.410 e. The molecular formula is C10H9ClN2O4. The van der Waals surface area contributed by atoms with Gasteiger partial charge >= 0.3 is 0 Å². The average molecular weight is 257 g/mol. The van der Waals surface area contributed by atoms with Crippen molar-refractivity contribution in [3.63, 3.8) is 0 Å². The Morgan fingerprint density at radius 3 is 2.71 bits per heavy atom. The van der Waals surface area contributed by atoms with E-state index < -0.39 is 10.7 Å². The SMILES string of the molecule is CCC(=O)c1c(C(Cl)=NO)cccc1[N+](=O)[O-]. The third kappa shape index (κ3) is 2.59. The zero-order chi connectivity index (χ0) is 13.0. The summed E-state index contributed by atoms with van der Waals surface area (Å²) in [4.78, 5) is 21.8. The molecule has 1 rings (SSSR count). The van der Waals surface area contributed by atoms with E-state index in [-0.39, 0.29) is 28.4 Å². The number of Topliss-reactive ketones (excluding diaryl/α,β-unsaturated/α-hetero) is 1. The Bertz CT molecular complexity index is 499. The molecule has 0 spiro atoms. The van der Waals surface area contributed by atoms with Gasteiger partial charge in [-0.1, -0.05) is 35.8 Å². The predicted molar refractivity (Wildman–Crippen MR) is 61.9 cm³/mol. The lowest BCUT2D eigenvalue weighted by Crippen LogP contribution is -2.09. The van der Waals surface area contributed by atoms with Crippen LogP contribution in [-0.4, -0.2) is 21.1 Å². The molecule has 0 bridgehead atoms. The molecule has 0 saturated heterocycles. The van der Waals surface area contributed by atoms with Crippen LogP contribution in [0, 0.1) is 10.1 Å². The number of nitro groups is 1. The summed E-state index contributed by atoms with van der Waals surface area (Å²) >= 11 is 5.60. The lowest BCUT2D eigenvalue weighted by Gasteiger charge is -2.05. The second-order valence-electron chi connectivity index (χ2n) is 3.12. The molecule has 90 valence electrons. The van der Waals surface area contributed by atoms with Crippen LogP contribution in [0.3, 0.4) is 0 Å². The molecule has 0 fully saturated rings. The second kappa shape index (κ2) is 5.40. The number of ketones is 1. The monoisotopic (exact) mass is 256 g/mol. The van der Waals surface area contributed by atoms with Crippen LogP contribution in [0.4, 0.5) is 5.69 Å². The summed E-state index contributed by atoms with van der Waals surface area (Å²) in [7, 11) is 0. The molecule has 1 aromatic rings. The van der Waals surface area contributed by atoms with E-state index in [0.29, 0.717) is 0 Å². The predicted octanol–water partition coefficient (Wildman–Crippen LogP) is 2.56. The maximum Gasteiger partial charge on any atom is 0.280 e. The fraction of sp³-hybridized carbons (Fsp3) is 0.200. The van der Waals surface area contributed by atoms with Gasteiger partial charge in [0.2, 0.25) is 0 Å². The number of nitro benzene ring substituents is 1. The standard InChI is InChI=1S/C10H9ClN2O4/c1-2-8(14)9-6(10(11)12-15)4-3-5-7(9)13(16)17/h3-5,15H,2H2,1H3. The molecule has 0 heterocycles. The van der Waals surface area contributed by atoms with Crippen molar-refractivity contribution in [2.45, 2.75) is 13.3 Å². The van der Waals surface area contributed by atoms with E-state index in [2.05, 4.69) is 5.16 Å². The molecule has 0 aliphatic carbocycles. The van der Waals surface area contributed by atoms with Crippen molar-refractivity contribution < 1.29 is 14.9 Å². The lowest BCUT2D eigenvalue weighted by molar-refractivity contribution is -0.385. The highest BCUT2D eigenvalue weighted by atomic mass is 35.5. The minimum atomic E-state index is -0.673. The summed E-state index contributed by atoms with van der Waals surface area (Å²) in [5.41, 5.74) is -0.436. The number of rotatable bonds is 4. The van der Waals surface area contributed by atoms with Crippen LogP contribution in [0.2, 0.25) is 0 Å². The van der Waals surface area contributed by atoms with Crippen molar-refractivity contribution in [2.75, 3.05) is 0 Å². The van der Waals surface area contributed by atoms with Gasteiger partial charge in [0.1, 0.15) is 5.56 Å². The Kier molecular flexibility index (Phi) is 4.17. The van der Waals surface area contributed by atoms with Crippen molar-refractivity contribution in [1.82, 2.24) is 0 Å². The molecule has 1 N–H and O–H groups in total. The zero-order valence-corrected chi connectivity index (χ0v) is 9.64. The quantitative estimate of drug-likeness (QED) is 0.294. The van der Waals surface area contributed by atoms with E-state index in [4.69, 9.17) is 16.8 Å². The average Bonchev–Trinajstić information content (AvgIpc) is 2.35. The third-order valence-corrected chi connectivity index (χ3v) is 2.43. The fourth-order valence-electron chi connectivity index (χ4n) is 1.39. The van der Waals surface area contributed by atoms with E-state index in [0.717, 1.165) is 0 Å². The normalized spacial score (nSPS) is 11.3.